The summed E-state index contributed by atoms with van der Waals surface area (Å²) in [7, 11) is 3.88. The molecule has 2 N–H and O–H groups in total. The van der Waals surface area contributed by atoms with E-state index in [-0.39, 0.29) is 18.2 Å². The van der Waals surface area contributed by atoms with Gasteiger partial charge in [-0.3, -0.25) is 4.90 Å². The molecule has 0 aromatic carbocycles. The van der Waals surface area contributed by atoms with Crippen molar-refractivity contribution in [3.8, 4) is 5.88 Å². The van der Waals surface area contributed by atoms with Crippen LogP contribution in [0.2, 0.25) is 0 Å². The Bertz CT molecular complexity index is 656. The lowest BCUT2D eigenvalue weighted by Crippen LogP contribution is -2.40. The number of rotatable bonds is 8. The number of hydrogen-bond donors (Lipinski definition) is 2. The van der Waals surface area contributed by atoms with Crippen molar-refractivity contribution in [1.82, 2.24) is 20.5 Å². The molecule has 0 saturated heterocycles. The van der Waals surface area contributed by atoms with E-state index in [0.29, 0.717) is 19.0 Å². The van der Waals surface area contributed by atoms with Gasteiger partial charge in [-0.2, -0.15) is 0 Å². The molecule has 0 unspecified atom stereocenters. The van der Waals surface area contributed by atoms with E-state index in [1.165, 1.54) is 0 Å². The third-order valence-corrected chi connectivity index (χ3v) is 3.59. The summed E-state index contributed by atoms with van der Waals surface area (Å²) in [6.45, 7) is 4.66. The van der Waals surface area contributed by atoms with E-state index in [2.05, 4.69) is 15.6 Å². The zero-order valence-electron chi connectivity index (χ0n) is 15.2. The maximum Gasteiger partial charge on any atom is 0.315 e. The van der Waals surface area contributed by atoms with E-state index in [4.69, 9.17) is 9.15 Å². The van der Waals surface area contributed by atoms with Crippen molar-refractivity contribution in [1.29, 1.82) is 0 Å². The molecular formula is C18H26N4O3. The summed E-state index contributed by atoms with van der Waals surface area (Å²) in [4.78, 5) is 18.3. The number of hydrogen-bond acceptors (Lipinski definition) is 5. The number of nitrogens with one attached hydrogen (secondary N) is 2. The Kier molecular flexibility index (Phi) is 6.82. The monoisotopic (exact) mass is 346 g/mol. The van der Waals surface area contributed by atoms with Gasteiger partial charge in [0.2, 0.25) is 5.88 Å². The fourth-order valence-corrected chi connectivity index (χ4v) is 2.33. The molecule has 0 radical (unpaired) electrons. The van der Waals surface area contributed by atoms with Gasteiger partial charge in [0.25, 0.3) is 0 Å². The zero-order chi connectivity index (χ0) is 18.2. The summed E-state index contributed by atoms with van der Waals surface area (Å²) in [5.74, 6) is 1.35. The van der Waals surface area contributed by atoms with Crippen molar-refractivity contribution in [2.45, 2.75) is 32.5 Å². The molecule has 2 aromatic heterocycles. The molecule has 7 nitrogen and oxygen atoms in total. The molecule has 0 aliphatic carbocycles. The maximum atomic E-state index is 12.1. The molecule has 1 atom stereocenters. The van der Waals surface area contributed by atoms with Gasteiger partial charge >= 0.3 is 6.03 Å². The largest absolute Gasteiger partial charge is 0.475 e. The number of urea groups is 1. The van der Waals surface area contributed by atoms with Crippen molar-refractivity contribution in [3.63, 3.8) is 0 Å². The number of likely N-dealkylation sites (N-methyl/N-ethyl adjacent to an activating group) is 1. The van der Waals surface area contributed by atoms with Crippen LogP contribution in [0, 0.1) is 0 Å². The van der Waals surface area contributed by atoms with Crippen molar-refractivity contribution < 1.29 is 13.9 Å². The Morgan fingerprint density at radius 2 is 2.08 bits per heavy atom. The molecule has 136 valence electrons. The van der Waals surface area contributed by atoms with Crippen LogP contribution >= 0.6 is 0 Å². The van der Waals surface area contributed by atoms with Crippen molar-refractivity contribution in [3.05, 3.63) is 48.0 Å². The Hall–Kier alpha value is -2.54. The lowest BCUT2D eigenvalue weighted by atomic mass is 10.2. The van der Waals surface area contributed by atoms with Crippen LogP contribution in [0.25, 0.3) is 0 Å². The van der Waals surface area contributed by atoms with Crippen LogP contribution in [-0.2, 0) is 6.54 Å². The standard InChI is InChI=1S/C18H26N4O3/c1-13(2)25-17-14(7-5-9-19-17)11-20-18(23)21-12-15(22(3)4)16-8-6-10-24-16/h5-10,13,15H,11-12H2,1-4H3,(H2,20,21,23)/t15-/m1/s1. The fourth-order valence-electron chi connectivity index (χ4n) is 2.33. The average Bonchev–Trinajstić information content (AvgIpc) is 3.07. The smallest absolute Gasteiger partial charge is 0.315 e. The highest BCUT2D eigenvalue weighted by molar-refractivity contribution is 5.73. The highest BCUT2D eigenvalue weighted by Gasteiger charge is 2.18. The van der Waals surface area contributed by atoms with Crippen molar-refractivity contribution >= 4 is 6.03 Å². The van der Waals surface area contributed by atoms with Gasteiger partial charge in [-0.15, -0.1) is 0 Å². The van der Waals surface area contributed by atoms with Crippen LogP contribution in [0.15, 0.2) is 41.1 Å². The van der Waals surface area contributed by atoms with E-state index in [0.717, 1.165) is 11.3 Å². The minimum absolute atomic E-state index is 0.0247. The molecule has 0 fully saturated rings. The van der Waals surface area contributed by atoms with Crippen LogP contribution < -0.4 is 15.4 Å². The van der Waals surface area contributed by atoms with E-state index in [1.54, 1.807) is 12.5 Å². The second kappa shape index (κ2) is 9.08. The predicted octanol–water partition coefficient (Wildman–Crippen LogP) is 2.56. The van der Waals surface area contributed by atoms with Gasteiger partial charge in [0.15, 0.2) is 0 Å². The molecular weight excluding hydrogens is 320 g/mol. The van der Waals surface area contributed by atoms with Crippen LogP contribution in [0.1, 0.15) is 31.2 Å². The Balaban J connectivity index is 1.87. The summed E-state index contributed by atoms with van der Waals surface area (Å²) in [6.07, 6.45) is 3.33. The third-order valence-electron chi connectivity index (χ3n) is 3.59. The molecule has 0 spiro atoms. The zero-order valence-corrected chi connectivity index (χ0v) is 15.2. The first-order valence-electron chi connectivity index (χ1n) is 8.29. The van der Waals surface area contributed by atoms with Crippen LogP contribution in [0.5, 0.6) is 5.88 Å². The van der Waals surface area contributed by atoms with E-state index in [1.807, 2.05) is 57.1 Å². The minimum atomic E-state index is -0.252. The van der Waals surface area contributed by atoms with Gasteiger partial charge in [0.05, 0.1) is 18.4 Å². The number of carbonyl (C=O) groups excluding carboxylic acids is 1. The number of nitrogens with zero attached hydrogens (tertiary/aromatic N) is 2. The first-order valence-corrected chi connectivity index (χ1v) is 8.29. The molecule has 2 amide bonds. The summed E-state index contributed by atoms with van der Waals surface area (Å²) in [5.41, 5.74) is 0.835. The third kappa shape index (κ3) is 5.79. The molecule has 2 heterocycles. The van der Waals surface area contributed by atoms with Crippen LogP contribution in [0.3, 0.4) is 0 Å². The normalized spacial score (nSPS) is 12.2. The van der Waals surface area contributed by atoms with Crippen molar-refractivity contribution in [2.75, 3.05) is 20.6 Å². The predicted molar refractivity (Wildman–Crippen MR) is 95.4 cm³/mol. The van der Waals surface area contributed by atoms with Gasteiger partial charge < -0.3 is 19.8 Å². The molecule has 2 aromatic rings. The van der Waals surface area contributed by atoms with Crippen LogP contribution in [-0.4, -0.2) is 42.7 Å². The Morgan fingerprint density at radius 3 is 2.72 bits per heavy atom. The Morgan fingerprint density at radius 1 is 1.28 bits per heavy atom. The lowest BCUT2D eigenvalue weighted by molar-refractivity contribution is 0.223. The molecule has 2 rings (SSSR count). The van der Waals surface area contributed by atoms with Crippen molar-refractivity contribution in [2.24, 2.45) is 0 Å². The average molecular weight is 346 g/mol. The Labute approximate surface area is 148 Å². The number of ether oxygens (including phenoxy) is 1. The second-order valence-electron chi connectivity index (χ2n) is 6.19. The fraction of sp³-hybridized carbons (Fsp3) is 0.444. The molecule has 0 saturated carbocycles. The summed E-state index contributed by atoms with van der Waals surface area (Å²) < 4.78 is 11.1. The quantitative estimate of drug-likeness (QED) is 0.768. The first-order chi connectivity index (χ1) is 12.0. The highest BCUT2D eigenvalue weighted by atomic mass is 16.5. The van der Waals surface area contributed by atoms with Gasteiger partial charge in [-0.25, -0.2) is 9.78 Å². The number of amides is 2. The summed E-state index contributed by atoms with van der Waals surface area (Å²) >= 11 is 0. The summed E-state index contributed by atoms with van der Waals surface area (Å²) in [5, 5.41) is 5.70. The maximum absolute atomic E-state index is 12.1. The van der Waals surface area contributed by atoms with Gasteiger partial charge in [-0.1, -0.05) is 6.07 Å². The number of aromatic nitrogens is 1. The highest BCUT2D eigenvalue weighted by Crippen LogP contribution is 2.18. The second-order valence-corrected chi connectivity index (χ2v) is 6.19. The molecule has 0 aliphatic rings. The number of pyridine rings is 1. The van der Waals surface area contributed by atoms with E-state index >= 15 is 0 Å². The van der Waals surface area contributed by atoms with Gasteiger partial charge in [-0.05, 0) is 46.1 Å². The SMILES string of the molecule is CC(C)Oc1ncccc1CNC(=O)NC[C@H](c1ccco1)N(C)C. The molecule has 0 aliphatic heterocycles. The van der Waals surface area contributed by atoms with Gasteiger partial charge in [0, 0.05) is 24.8 Å². The molecule has 7 heteroatoms. The lowest BCUT2D eigenvalue weighted by Gasteiger charge is -2.22. The summed E-state index contributed by atoms with van der Waals surface area (Å²) in [6, 6.07) is 7.16. The number of carbonyl (C=O) groups is 1. The van der Waals surface area contributed by atoms with E-state index < -0.39 is 0 Å². The molecule has 25 heavy (non-hydrogen) atoms. The topological polar surface area (TPSA) is 79.6 Å². The first kappa shape index (κ1) is 18.8. The van der Waals surface area contributed by atoms with E-state index in [9.17, 15) is 4.79 Å². The van der Waals surface area contributed by atoms with Crippen LogP contribution in [0.4, 0.5) is 4.79 Å². The van der Waals surface area contributed by atoms with Gasteiger partial charge in [0.1, 0.15) is 5.76 Å². The number of furan rings is 1. The molecule has 0 bridgehead atoms. The minimum Gasteiger partial charge on any atom is -0.475 e.